The van der Waals surface area contributed by atoms with Crippen molar-refractivity contribution < 1.29 is 14.7 Å². The van der Waals surface area contributed by atoms with Crippen LogP contribution in [0.4, 0.5) is 0 Å². The van der Waals surface area contributed by atoms with Crippen molar-refractivity contribution in [1.82, 2.24) is 4.90 Å². The number of carbonyl (C=O) groups is 2. The van der Waals surface area contributed by atoms with Gasteiger partial charge in [0.25, 0.3) is 0 Å². The summed E-state index contributed by atoms with van der Waals surface area (Å²) in [6.45, 7) is 2.56. The fourth-order valence-corrected chi connectivity index (χ4v) is 3.12. The summed E-state index contributed by atoms with van der Waals surface area (Å²) in [4.78, 5) is 25.4. The molecule has 1 aliphatic heterocycles. The summed E-state index contributed by atoms with van der Waals surface area (Å²) in [5.74, 6) is -1.60. The minimum atomic E-state index is -0.859. The van der Waals surface area contributed by atoms with Crippen LogP contribution < -0.4 is 0 Å². The Morgan fingerprint density at radius 1 is 1.33 bits per heavy atom. The molecule has 0 saturated carbocycles. The summed E-state index contributed by atoms with van der Waals surface area (Å²) < 4.78 is 0. The van der Waals surface area contributed by atoms with Gasteiger partial charge in [0.2, 0.25) is 5.91 Å². The number of rotatable bonds is 4. The number of carboxylic acid groups (broad SMARTS) is 1. The Bertz CT molecular complexity index is 534. The Kier molecular flexibility index (Phi) is 5.17. The molecular formula is C15H18ClNO3S. The fourth-order valence-electron chi connectivity index (χ4n) is 2.64. The van der Waals surface area contributed by atoms with Crippen molar-refractivity contribution in [3.8, 4) is 0 Å². The van der Waals surface area contributed by atoms with Crippen LogP contribution in [0.5, 0.6) is 0 Å². The van der Waals surface area contributed by atoms with Gasteiger partial charge in [-0.05, 0) is 30.9 Å². The molecule has 1 fully saturated rings. The van der Waals surface area contributed by atoms with Crippen LogP contribution in [0, 0.1) is 5.92 Å². The van der Waals surface area contributed by atoms with Gasteiger partial charge in [0.1, 0.15) is 0 Å². The van der Waals surface area contributed by atoms with Gasteiger partial charge >= 0.3 is 5.97 Å². The third-order valence-electron chi connectivity index (χ3n) is 3.95. The van der Waals surface area contributed by atoms with Crippen molar-refractivity contribution in [2.75, 3.05) is 19.3 Å². The van der Waals surface area contributed by atoms with E-state index in [-0.39, 0.29) is 23.6 Å². The fraction of sp³-hybridized carbons (Fsp3) is 0.467. The molecule has 114 valence electrons. The van der Waals surface area contributed by atoms with E-state index in [1.807, 2.05) is 25.3 Å². The zero-order valence-corrected chi connectivity index (χ0v) is 13.5. The van der Waals surface area contributed by atoms with Gasteiger partial charge < -0.3 is 10.0 Å². The van der Waals surface area contributed by atoms with Gasteiger partial charge in [-0.25, -0.2) is 0 Å². The number of amides is 1. The van der Waals surface area contributed by atoms with E-state index >= 15 is 0 Å². The summed E-state index contributed by atoms with van der Waals surface area (Å²) in [5.41, 5.74) is 0.916. The molecule has 1 amide bonds. The molecule has 1 aromatic carbocycles. The highest BCUT2D eigenvalue weighted by Crippen LogP contribution is 2.34. The van der Waals surface area contributed by atoms with Crippen LogP contribution in [0.15, 0.2) is 24.3 Å². The number of halogens is 1. The van der Waals surface area contributed by atoms with Gasteiger partial charge in [0, 0.05) is 24.0 Å². The summed E-state index contributed by atoms with van der Waals surface area (Å²) >= 11 is 7.35. The first-order valence-corrected chi connectivity index (χ1v) is 8.40. The molecule has 0 bridgehead atoms. The SMILES string of the molecule is CSC(C)C(=O)N1C[C@@H](C(=O)O)[C@H](c2ccc(Cl)cc2)C1. The van der Waals surface area contributed by atoms with Crippen LogP contribution in [-0.2, 0) is 9.59 Å². The van der Waals surface area contributed by atoms with E-state index in [0.29, 0.717) is 11.6 Å². The highest BCUT2D eigenvalue weighted by molar-refractivity contribution is 7.99. The zero-order chi connectivity index (χ0) is 15.6. The normalized spacial score (nSPS) is 23.1. The van der Waals surface area contributed by atoms with Gasteiger partial charge in [-0.3, -0.25) is 9.59 Å². The quantitative estimate of drug-likeness (QED) is 0.923. The van der Waals surface area contributed by atoms with Crippen molar-refractivity contribution in [1.29, 1.82) is 0 Å². The number of benzene rings is 1. The van der Waals surface area contributed by atoms with Crippen molar-refractivity contribution in [2.24, 2.45) is 5.92 Å². The first-order chi connectivity index (χ1) is 9.93. The summed E-state index contributed by atoms with van der Waals surface area (Å²) in [5, 5.41) is 9.89. The number of nitrogens with zero attached hydrogens (tertiary/aromatic N) is 1. The average molecular weight is 328 g/mol. The van der Waals surface area contributed by atoms with E-state index in [1.165, 1.54) is 11.8 Å². The molecule has 1 unspecified atom stereocenters. The second-order valence-corrected chi connectivity index (χ2v) is 6.84. The van der Waals surface area contributed by atoms with Gasteiger partial charge in [-0.1, -0.05) is 23.7 Å². The third-order valence-corrected chi connectivity index (χ3v) is 5.11. The van der Waals surface area contributed by atoms with Crippen LogP contribution in [0.2, 0.25) is 5.02 Å². The molecule has 6 heteroatoms. The molecule has 1 N–H and O–H groups in total. The average Bonchev–Trinajstić information content (AvgIpc) is 2.91. The number of carboxylic acids is 1. The van der Waals surface area contributed by atoms with Gasteiger partial charge in [-0.15, -0.1) is 0 Å². The van der Waals surface area contributed by atoms with Crippen molar-refractivity contribution in [3.63, 3.8) is 0 Å². The molecule has 0 radical (unpaired) electrons. The Hall–Kier alpha value is -1.20. The maximum Gasteiger partial charge on any atom is 0.308 e. The maximum absolute atomic E-state index is 12.3. The Morgan fingerprint density at radius 3 is 2.48 bits per heavy atom. The molecule has 4 nitrogen and oxygen atoms in total. The lowest BCUT2D eigenvalue weighted by Gasteiger charge is -2.19. The molecule has 1 aliphatic rings. The third kappa shape index (κ3) is 3.52. The molecule has 0 spiro atoms. The zero-order valence-electron chi connectivity index (χ0n) is 12.0. The molecule has 0 aromatic heterocycles. The monoisotopic (exact) mass is 327 g/mol. The van der Waals surface area contributed by atoms with E-state index in [9.17, 15) is 14.7 Å². The molecule has 21 heavy (non-hydrogen) atoms. The lowest BCUT2D eigenvalue weighted by molar-refractivity contribution is -0.141. The summed E-state index contributed by atoms with van der Waals surface area (Å²) in [6.07, 6.45) is 1.88. The molecule has 1 aromatic rings. The van der Waals surface area contributed by atoms with Crippen LogP contribution in [0.3, 0.4) is 0 Å². The minimum Gasteiger partial charge on any atom is -0.481 e. The summed E-state index contributed by atoms with van der Waals surface area (Å²) in [6, 6.07) is 7.19. The van der Waals surface area contributed by atoms with Crippen LogP contribution >= 0.6 is 23.4 Å². The Balaban J connectivity index is 2.22. The minimum absolute atomic E-state index is 0.00483. The van der Waals surface area contributed by atoms with E-state index in [1.54, 1.807) is 17.0 Å². The predicted molar refractivity (Wildman–Crippen MR) is 84.9 cm³/mol. The number of hydrogen-bond donors (Lipinski definition) is 1. The Morgan fingerprint density at radius 2 is 1.95 bits per heavy atom. The van der Waals surface area contributed by atoms with Crippen LogP contribution in [0.1, 0.15) is 18.4 Å². The van der Waals surface area contributed by atoms with Gasteiger partial charge in [0.15, 0.2) is 0 Å². The molecule has 3 atom stereocenters. The van der Waals surface area contributed by atoms with Crippen LogP contribution in [-0.4, -0.2) is 46.5 Å². The number of thioether (sulfide) groups is 1. The second kappa shape index (κ2) is 6.71. The van der Waals surface area contributed by atoms with Gasteiger partial charge in [0.05, 0.1) is 11.2 Å². The topological polar surface area (TPSA) is 57.6 Å². The maximum atomic E-state index is 12.3. The van der Waals surface area contributed by atoms with E-state index in [4.69, 9.17) is 11.6 Å². The van der Waals surface area contributed by atoms with Gasteiger partial charge in [-0.2, -0.15) is 11.8 Å². The van der Waals surface area contributed by atoms with Crippen molar-refractivity contribution in [2.45, 2.75) is 18.1 Å². The number of aliphatic carboxylic acids is 1. The smallest absolute Gasteiger partial charge is 0.308 e. The largest absolute Gasteiger partial charge is 0.481 e. The Labute approximate surface area is 133 Å². The highest BCUT2D eigenvalue weighted by atomic mass is 35.5. The highest BCUT2D eigenvalue weighted by Gasteiger charge is 2.41. The van der Waals surface area contributed by atoms with Crippen molar-refractivity contribution in [3.05, 3.63) is 34.9 Å². The molecule has 2 rings (SSSR count). The molecular weight excluding hydrogens is 310 g/mol. The number of likely N-dealkylation sites (tertiary alicyclic amines) is 1. The molecule has 0 aliphatic carbocycles. The van der Waals surface area contributed by atoms with E-state index < -0.39 is 11.9 Å². The molecule has 1 heterocycles. The van der Waals surface area contributed by atoms with E-state index in [2.05, 4.69) is 0 Å². The summed E-state index contributed by atoms with van der Waals surface area (Å²) in [7, 11) is 0. The molecule has 1 saturated heterocycles. The number of carbonyl (C=O) groups excluding carboxylic acids is 1. The first kappa shape index (κ1) is 16.2. The first-order valence-electron chi connectivity index (χ1n) is 6.74. The lowest BCUT2D eigenvalue weighted by Crippen LogP contribution is -2.35. The van der Waals surface area contributed by atoms with Crippen molar-refractivity contribution >= 4 is 35.2 Å². The standard InChI is InChI=1S/C15H18ClNO3S/c1-9(21-2)14(18)17-7-12(13(8-17)15(19)20)10-3-5-11(16)6-4-10/h3-6,9,12-13H,7-8H2,1-2H3,(H,19,20)/t9?,12-,13+/m0/s1. The second-order valence-electron chi connectivity index (χ2n) is 5.22. The van der Waals surface area contributed by atoms with Crippen LogP contribution in [0.25, 0.3) is 0 Å². The number of hydrogen-bond acceptors (Lipinski definition) is 3. The predicted octanol–water partition coefficient (Wildman–Crippen LogP) is 2.72. The lowest BCUT2D eigenvalue weighted by atomic mass is 9.89. The van der Waals surface area contributed by atoms with E-state index in [0.717, 1.165) is 5.56 Å².